The van der Waals surface area contributed by atoms with Crippen molar-refractivity contribution < 1.29 is 13.2 Å². The molecule has 3 rings (SSSR count). The Kier molecular flexibility index (Phi) is 5.53. The van der Waals surface area contributed by atoms with Crippen LogP contribution in [0.5, 0.6) is 0 Å². The summed E-state index contributed by atoms with van der Waals surface area (Å²) < 4.78 is 27.6. The summed E-state index contributed by atoms with van der Waals surface area (Å²) >= 11 is 0. The summed E-state index contributed by atoms with van der Waals surface area (Å²) in [5.74, 6) is 0.132. The molecule has 2 aliphatic rings. The molecule has 5 nitrogen and oxygen atoms in total. The molecular formula is C20H28N2O3S. The maximum Gasteiger partial charge on any atom is 0.223 e. The van der Waals surface area contributed by atoms with Gasteiger partial charge < -0.3 is 4.90 Å². The van der Waals surface area contributed by atoms with E-state index in [2.05, 4.69) is 6.58 Å². The summed E-state index contributed by atoms with van der Waals surface area (Å²) in [6, 6.07) is 7.63. The van der Waals surface area contributed by atoms with Crippen molar-refractivity contribution in [1.82, 2.24) is 9.21 Å². The molecule has 0 aliphatic carbocycles. The zero-order chi connectivity index (χ0) is 18.8. The van der Waals surface area contributed by atoms with E-state index in [-0.39, 0.29) is 17.2 Å². The van der Waals surface area contributed by atoms with Crippen LogP contribution in [0.15, 0.2) is 36.9 Å². The van der Waals surface area contributed by atoms with Crippen molar-refractivity contribution >= 4 is 15.9 Å². The van der Waals surface area contributed by atoms with Gasteiger partial charge in [0.15, 0.2) is 0 Å². The highest BCUT2D eigenvalue weighted by Gasteiger charge is 2.46. The molecule has 2 fully saturated rings. The van der Waals surface area contributed by atoms with Gasteiger partial charge in [-0.15, -0.1) is 6.58 Å². The van der Waals surface area contributed by atoms with Crippen molar-refractivity contribution in [3.05, 3.63) is 48.0 Å². The molecule has 0 aromatic heterocycles. The highest BCUT2D eigenvalue weighted by atomic mass is 32.2. The largest absolute Gasteiger partial charge is 0.332 e. The first-order chi connectivity index (χ1) is 12.4. The smallest absolute Gasteiger partial charge is 0.223 e. The molecule has 2 saturated heterocycles. The molecular weight excluding hydrogens is 348 g/mol. The Labute approximate surface area is 156 Å². The summed E-state index contributed by atoms with van der Waals surface area (Å²) in [5.41, 5.74) is 1.55. The van der Waals surface area contributed by atoms with Crippen LogP contribution in [-0.2, 0) is 20.6 Å². The number of amides is 1. The second-order valence-electron chi connectivity index (χ2n) is 7.55. The molecule has 0 saturated carbocycles. The van der Waals surface area contributed by atoms with Crippen molar-refractivity contribution in [2.75, 3.05) is 19.6 Å². The van der Waals surface area contributed by atoms with Gasteiger partial charge in [-0.3, -0.25) is 4.79 Å². The minimum absolute atomic E-state index is 0.0127. The minimum Gasteiger partial charge on any atom is -0.332 e. The number of nitrogens with zero attached hydrogens (tertiary/aromatic N) is 2. The molecule has 2 heterocycles. The van der Waals surface area contributed by atoms with Gasteiger partial charge in [0.1, 0.15) is 0 Å². The second kappa shape index (κ2) is 7.53. The second-order valence-corrected chi connectivity index (χ2v) is 9.52. The fraction of sp³-hybridized carbons (Fsp3) is 0.550. The molecule has 0 N–H and O–H groups in total. The van der Waals surface area contributed by atoms with Gasteiger partial charge in [-0.25, -0.2) is 8.42 Å². The number of carbonyl (C=O) groups excluding carboxylic acids is 1. The van der Waals surface area contributed by atoms with Crippen LogP contribution >= 0.6 is 0 Å². The predicted molar refractivity (Wildman–Crippen MR) is 103 cm³/mol. The summed E-state index contributed by atoms with van der Waals surface area (Å²) in [6.07, 6.45) is 5.63. The van der Waals surface area contributed by atoms with Gasteiger partial charge in [-0.1, -0.05) is 35.9 Å². The average molecular weight is 377 g/mol. The molecule has 0 unspecified atom stereocenters. The van der Waals surface area contributed by atoms with Gasteiger partial charge in [0.2, 0.25) is 15.9 Å². The highest BCUT2D eigenvalue weighted by Crippen LogP contribution is 2.37. The first kappa shape index (κ1) is 19.1. The topological polar surface area (TPSA) is 57.7 Å². The Morgan fingerprint density at radius 1 is 1.19 bits per heavy atom. The number of hydrogen-bond donors (Lipinski definition) is 0. The van der Waals surface area contributed by atoms with E-state index in [1.807, 2.05) is 36.1 Å². The minimum atomic E-state index is -3.41. The number of piperidine rings is 2. The number of carbonyl (C=O) groups is 1. The maximum absolute atomic E-state index is 13.0. The SMILES string of the molecule is C=CCN1C(=O)CCC[C@]12CCCN(S(=O)(=O)Cc1ccc(C)cc1)C2. The zero-order valence-electron chi connectivity index (χ0n) is 15.5. The summed E-state index contributed by atoms with van der Waals surface area (Å²) in [4.78, 5) is 14.3. The van der Waals surface area contributed by atoms with Crippen molar-refractivity contribution in [2.24, 2.45) is 0 Å². The average Bonchev–Trinajstić information content (AvgIpc) is 2.60. The molecule has 6 heteroatoms. The predicted octanol–water partition coefficient (Wildman–Crippen LogP) is 2.86. The van der Waals surface area contributed by atoms with Gasteiger partial charge in [-0.2, -0.15) is 4.31 Å². The Morgan fingerprint density at radius 3 is 2.58 bits per heavy atom. The van der Waals surface area contributed by atoms with Gasteiger partial charge in [0, 0.05) is 26.1 Å². The molecule has 26 heavy (non-hydrogen) atoms. The standard InChI is InChI=1S/C20H28N2O3S/c1-3-13-22-19(23)6-4-11-20(22)12-5-14-21(16-20)26(24,25)15-18-9-7-17(2)8-10-18/h3,7-10H,1,4-6,11-16H2,2H3/t20-/m1/s1. The van der Waals surface area contributed by atoms with Crippen LogP contribution in [0.25, 0.3) is 0 Å². The van der Waals surface area contributed by atoms with E-state index in [4.69, 9.17) is 0 Å². The third-order valence-electron chi connectivity index (χ3n) is 5.60. The van der Waals surface area contributed by atoms with Crippen LogP contribution in [0.4, 0.5) is 0 Å². The van der Waals surface area contributed by atoms with E-state index in [1.54, 1.807) is 10.4 Å². The van der Waals surface area contributed by atoms with Crippen LogP contribution in [0, 0.1) is 6.92 Å². The van der Waals surface area contributed by atoms with Crippen molar-refractivity contribution in [3.8, 4) is 0 Å². The third kappa shape index (κ3) is 3.86. The molecule has 2 aliphatic heterocycles. The van der Waals surface area contributed by atoms with Crippen molar-refractivity contribution in [1.29, 1.82) is 0 Å². The third-order valence-corrected chi connectivity index (χ3v) is 7.40. The Hall–Kier alpha value is -1.66. The summed E-state index contributed by atoms with van der Waals surface area (Å²) in [6.45, 7) is 7.19. The van der Waals surface area contributed by atoms with Crippen LogP contribution in [0.1, 0.15) is 43.2 Å². The van der Waals surface area contributed by atoms with Crippen LogP contribution < -0.4 is 0 Å². The first-order valence-corrected chi connectivity index (χ1v) is 10.9. The molecule has 1 atom stereocenters. The van der Waals surface area contributed by atoms with E-state index < -0.39 is 10.0 Å². The first-order valence-electron chi connectivity index (χ1n) is 9.31. The van der Waals surface area contributed by atoms with E-state index in [0.717, 1.165) is 36.8 Å². The zero-order valence-corrected chi connectivity index (χ0v) is 16.3. The maximum atomic E-state index is 13.0. The van der Waals surface area contributed by atoms with Crippen molar-refractivity contribution in [2.45, 2.75) is 50.3 Å². The quantitative estimate of drug-likeness (QED) is 0.743. The summed E-state index contributed by atoms with van der Waals surface area (Å²) in [7, 11) is -3.41. The van der Waals surface area contributed by atoms with Crippen LogP contribution in [-0.4, -0.2) is 48.7 Å². The van der Waals surface area contributed by atoms with E-state index in [0.29, 0.717) is 26.1 Å². The fourth-order valence-corrected chi connectivity index (χ4v) is 5.89. The number of rotatable bonds is 5. The summed E-state index contributed by atoms with van der Waals surface area (Å²) in [5, 5.41) is 0. The number of sulfonamides is 1. The lowest BCUT2D eigenvalue weighted by atomic mass is 9.80. The Balaban J connectivity index is 1.81. The molecule has 1 aromatic rings. The lowest BCUT2D eigenvalue weighted by Gasteiger charge is -2.51. The number of benzene rings is 1. The molecule has 0 radical (unpaired) electrons. The molecule has 1 spiro atoms. The van der Waals surface area contributed by atoms with Gasteiger partial charge in [0.05, 0.1) is 11.3 Å². The lowest BCUT2D eigenvalue weighted by Crippen LogP contribution is -2.63. The Bertz CT molecular complexity index is 769. The number of likely N-dealkylation sites (tertiary alicyclic amines) is 1. The molecule has 142 valence electrons. The molecule has 1 amide bonds. The van der Waals surface area contributed by atoms with E-state index in [1.165, 1.54) is 0 Å². The van der Waals surface area contributed by atoms with Gasteiger partial charge in [0.25, 0.3) is 0 Å². The van der Waals surface area contributed by atoms with E-state index in [9.17, 15) is 13.2 Å². The monoisotopic (exact) mass is 376 g/mol. The molecule has 1 aromatic carbocycles. The number of aryl methyl sites for hydroxylation is 1. The normalized spacial score (nSPS) is 24.8. The lowest BCUT2D eigenvalue weighted by molar-refractivity contribution is -0.143. The van der Waals surface area contributed by atoms with Crippen LogP contribution in [0.2, 0.25) is 0 Å². The van der Waals surface area contributed by atoms with Gasteiger partial charge >= 0.3 is 0 Å². The Morgan fingerprint density at radius 2 is 1.88 bits per heavy atom. The van der Waals surface area contributed by atoms with Crippen molar-refractivity contribution in [3.63, 3.8) is 0 Å². The molecule has 0 bridgehead atoms. The van der Waals surface area contributed by atoms with E-state index >= 15 is 0 Å². The number of hydrogen-bond acceptors (Lipinski definition) is 3. The highest BCUT2D eigenvalue weighted by molar-refractivity contribution is 7.88. The van der Waals surface area contributed by atoms with Gasteiger partial charge in [-0.05, 0) is 38.2 Å². The van der Waals surface area contributed by atoms with Crippen LogP contribution in [0.3, 0.4) is 0 Å². The fourth-order valence-electron chi connectivity index (χ4n) is 4.25.